The molecule has 0 aliphatic heterocycles. The number of hydrogen-bond acceptors (Lipinski definition) is 3. The molecule has 1 amide bonds. The highest BCUT2D eigenvalue weighted by atomic mass is 16.2. The van der Waals surface area contributed by atoms with Gasteiger partial charge < -0.3 is 11.1 Å². The predicted octanol–water partition coefficient (Wildman–Crippen LogP) is 1.35. The Kier molecular flexibility index (Phi) is 4.24. The van der Waals surface area contributed by atoms with Crippen molar-refractivity contribution in [3.63, 3.8) is 0 Å². The van der Waals surface area contributed by atoms with E-state index in [9.17, 15) is 4.79 Å². The number of rotatable bonds is 4. The summed E-state index contributed by atoms with van der Waals surface area (Å²) in [6.07, 6.45) is 0. The van der Waals surface area contributed by atoms with E-state index in [4.69, 9.17) is 11.0 Å². The molecular weight excluding hydrogens is 214 g/mol. The molecule has 1 unspecified atom stereocenters. The van der Waals surface area contributed by atoms with E-state index >= 15 is 0 Å². The first-order valence-electron chi connectivity index (χ1n) is 5.46. The van der Waals surface area contributed by atoms with E-state index in [0.29, 0.717) is 6.54 Å². The number of nitriles is 1. The fourth-order valence-electron chi connectivity index (χ4n) is 1.27. The summed E-state index contributed by atoms with van der Waals surface area (Å²) < 4.78 is 0. The normalized spacial score (nSPS) is 12.6. The van der Waals surface area contributed by atoms with E-state index in [0.717, 1.165) is 5.56 Å². The van der Waals surface area contributed by atoms with Gasteiger partial charge >= 0.3 is 0 Å². The maximum Gasteiger partial charge on any atom is 0.241 e. The van der Waals surface area contributed by atoms with Gasteiger partial charge in [-0.25, -0.2) is 0 Å². The third-order valence-electron chi connectivity index (χ3n) is 2.45. The van der Waals surface area contributed by atoms with Crippen LogP contribution in [0.2, 0.25) is 0 Å². The van der Waals surface area contributed by atoms with Crippen LogP contribution in [0.15, 0.2) is 30.3 Å². The van der Waals surface area contributed by atoms with Gasteiger partial charge in [-0.3, -0.25) is 4.79 Å². The lowest BCUT2D eigenvalue weighted by atomic mass is 9.95. The summed E-state index contributed by atoms with van der Waals surface area (Å²) in [5.41, 5.74) is 6.00. The van der Waals surface area contributed by atoms with Crippen molar-refractivity contribution in [2.75, 3.05) is 6.54 Å². The van der Waals surface area contributed by atoms with Gasteiger partial charge in [-0.05, 0) is 19.4 Å². The maximum atomic E-state index is 11.8. The van der Waals surface area contributed by atoms with Gasteiger partial charge in [-0.15, -0.1) is 0 Å². The average molecular weight is 231 g/mol. The smallest absolute Gasteiger partial charge is 0.241 e. The standard InChI is InChI=1S/C13H17N3O/c1-13(2,8-14)9-16-12(17)11(15)10-6-4-3-5-7-10/h3-7,11H,9,15H2,1-2H3,(H,16,17). The van der Waals surface area contributed by atoms with Crippen molar-refractivity contribution in [3.05, 3.63) is 35.9 Å². The second-order valence-corrected chi connectivity index (χ2v) is 4.60. The number of carbonyl (C=O) groups excluding carboxylic acids is 1. The number of nitrogens with one attached hydrogen (secondary N) is 1. The Morgan fingerprint density at radius 2 is 2.06 bits per heavy atom. The van der Waals surface area contributed by atoms with Gasteiger partial charge in [0.15, 0.2) is 0 Å². The van der Waals surface area contributed by atoms with Crippen LogP contribution in [0.25, 0.3) is 0 Å². The number of benzene rings is 1. The first-order chi connectivity index (χ1) is 7.96. The minimum absolute atomic E-state index is 0.264. The van der Waals surface area contributed by atoms with Crippen LogP contribution < -0.4 is 11.1 Å². The molecule has 0 radical (unpaired) electrons. The molecule has 1 atom stereocenters. The summed E-state index contributed by atoms with van der Waals surface area (Å²) in [6.45, 7) is 3.82. The summed E-state index contributed by atoms with van der Waals surface area (Å²) in [4.78, 5) is 11.8. The molecule has 0 heterocycles. The molecule has 0 saturated heterocycles. The minimum Gasteiger partial charge on any atom is -0.353 e. The topological polar surface area (TPSA) is 78.9 Å². The number of amides is 1. The van der Waals surface area contributed by atoms with Crippen molar-refractivity contribution < 1.29 is 4.79 Å². The van der Waals surface area contributed by atoms with Crippen molar-refractivity contribution >= 4 is 5.91 Å². The highest BCUT2D eigenvalue weighted by Gasteiger charge is 2.21. The molecule has 1 aromatic rings. The molecule has 0 saturated carbocycles. The van der Waals surface area contributed by atoms with Gasteiger partial charge in [0.05, 0.1) is 11.5 Å². The number of carbonyl (C=O) groups is 1. The van der Waals surface area contributed by atoms with Crippen LogP contribution in [-0.2, 0) is 4.79 Å². The van der Waals surface area contributed by atoms with E-state index in [1.54, 1.807) is 26.0 Å². The number of nitrogens with two attached hydrogens (primary N) is 1. The molecule has 4 heteroatoms. The van der Waals surface area contributed by atoms with E-state index < -0.39 is 11.5 Å². The van der Waals surface area contributed by atoms with Crippen LogP contribution in [0.1, 0.15) is 25.5 Å². The quantitative estimate of drug-likeness (QED) is 0.821. The Balaban J connectivity index is 2.58. The Morgan fingerprint density at radius 3 is 2.59 bits per heavy atom. The number of hydrogen-bond donors (Lipinski definition) is 2. The lowest BCUT2D eigenvalue weighted by Gasteiger charge is -2.18. The lowest BCUT2D eigenvalue weighted by Crippen LogP contribution is -2.39. The maximum absolute atomic E-state index is 11.8. The summed E-state index contributed by atoms with van der Waals surface area (Å²) >= 11 is 0. The Morgan fingerprint density at radius 1 is 1.47 bits per heavy atom. The van der Waals surface area contributed by atoms with Crippen molar-refractivity contribution in [2.45, 2.75) is 19.9 Å². The third kappa shape index (κ3) is 3.89. The fourth-order valence-corrected chi connectivity index (χ4v) is 1.27. The SMILES string of the molecule is CC(C)(C#N)CNC(=O)C(N)c1ccccc1. The van der Waals surface area contributed by atoms with E-state index in [1.807, 2.05) is 18.2 Å². The molecule has 4 nitrogen and oxygen atoms in total. The Hall–Kier alpha value is -1.86. The molecule has 17 heavy (non-hydrogen) atoms. The second kappa shape index (κ2) is 5.46. The highest BCUT2D eigenvalue weighted by molar-refractivity contribution is 5.82. The molecule has 1 rings (SSSR count). The summed E-state index contributed by atoms with van der Waals surface area (Å²) in [6, 6.07) is 10.6. The summed E-state index contributed by atoms with van der Waals surface area (Å²) in [5.74, 6) is -0.264. The molecule has 90 valence electrons. The molecule has 0 fully saturated rings. The Labute approximate surface area is 101 Å². The zero-order chi connectivity index (χ0) is 12.9. The monoisotopic (exact) mass is 231 g/mol. The third-order valence-corrected chi connectivity index (χ3v) is 2.45. The summed E-state index contributed by atoms with van der Waals surface area (Å²) in [7, 11) is 0. The van der Waals surface area contributed by atoms with Crippen molar-refractivity contribution in [3.8, 4) is 6.07 Å². The van der Waals surface area contributed by atoms with Gasteiger partial charge in [-0.2, -0.15) is 5.26 Å². The van der Waals surface area contributed by atoms with Crippen LogP contribution in [-0.4, -0.2) is 12.5 Å². The predicted molar refractivity (Wildman–Crippen MR) is 65.8 cm³/mol. The van der Waals surface area contributed by atoms with Crippen molar-refractivity contribution in [2.24, 2.45) is 11.1 Å². The van der Waals surface area contributed by atoms with Crippen LogP contribution in [0.3, 0.4) is 0 Å². The van der Waals surface area contributed by atoms with Crippen molar-refractivity contribution in [1.29, 1.82) is 5.26 Å². The van der Waals surface area contributed by atoms with Gasteiger partial charge in [0, 0.05) is 6.54 Å². The number of nitrogens with zero attached hydrogens (tertiary/aromatic N) is 1. The minimum atomic E-state index is -0.689. The van der Waals surface area contributed by atoms with E-state index in [-0.39, 0.29) is 5.91 Å². The zero-order valence-corrected chi connectivity index (χ0v) is 10.1. The molecule has 0 bridgehead atoms. The Bertz CT molecular complexity index is 420. The molecule has 0 aliphatic rings. The van der Waals surface area contributed by atoms with E-state index in [2.05, 4.69) is 11.4 Å². The molecule has 0 aromatic heterocycles. The molecule has 0 aliphatic carbocycles. The largest absolute Gasteiger partial charge is 0.353 e. The average Bonchev–Trinajstić information content (AvgIpc) is 2.36. The molecular formula is C13H17N3O. The van der Waals surface area contributed by atoms with Gasteiger partial charge in [0.1, 0.15) is 6.04 Å². The molecule has 1 aromatic carbocycles. The van der Waals surface area contributed by atoms with E-state index in [1.165, 1.54) is 0 Å². The first kappa shape index (κ1) is 13.2. The van der Waals surface area contributed by atoms with Gasteiger partial charge in [-0.1, -0.05) is 30.3 Å². The second-order valence-electron chi connectivity index (χ2n) is 4.60. The van der Waals surface area contributed by atoms with Gasteiger partial charge in [0.2, 0.25) is 5.91 Å². The van der Waals surface area contributed by atoms with Crippen LogP contribution in [0, 0.1) is 16.7 Å². The summed E-state index contributed by atoms with van der Waals surface area (Å²) in [5, 5.41) is 11.5. The molecule has 0 spiro atoms. The lowest BCUT2D eigenvalue weighted by molar-refractivity contribution is -0.122. The van der Waals surface area contributed by atoms with Crippen LogP contribution in [0.4, 0.5) is 0 Å². The van der Waals surface area contributed by atoms with Crippen LogP contribution >= 0.6 is 0 Å². The first-order valence-corrected chi connectivity index (χ1v) is 5.46. The van der Waals surface area contributed by atoms with Gasteiger partial charge in [0.25, 0.3) is 0 Å². The zero-order valence-electron chi connectivity index (χ0n) is 10.1. The highest BCUT2D eigenvalue weighted by Crippen LogP contribution is 2.13. The molecule has 3 N–H and O–H groups in total. The van der Waals surface area contributed by atoms with Crippen molar-refractivity contribution in [1.82, 2.24) is 5.32 Å². The fraction of sp³-hybridized carbons (Fsp3) is 0.385. The van der Waals surface area contributed by atoms with Crippen LogP contribution in [0.5, 0.6) is 0 Å².